The van der Waals surface area contributed by atoms with E-state index in [0.717, 1.165) is 11.4 Å². The van der Waals surface area contributed by atoms with Gasteiger partial charge in [0.15, 0.2) is 0 Å². The second-order valence-electron chi connectivity index (χ2n) is 9.27. The van der Waals surface area contributed by atoms with Crippen molar-refractivity contribution < 1.29 is 0 Å². The quantitative estimate of drug-likeness (QED) is 0.654. The van der Waals surface area contributed by atoms with Crippen LogP contribution in [0.5, 0.6) is 0 Å². The lowest BCUT2D eigenvalue weighted by Gasteiger charge is -2.19. The molecule has 0 saturated heterocycles. The van der Waals surface area contributed by atoms with Crippen LogP contribution in [-0.4, -0.2) is 33.3 Å². The average molecular weight is 356 g/mol. The van der Waals surface area contributed by atoms with Crippen LogP contribution < -0.4 is 5.73 Å². The summed E-state index contributed by atoms with van der Waals surface area (Å²) in [7, 11) is 1.83. The molecule has 1 aromatic rings. The van der Waals surface area contributed by atoms with Gasteiger partial charge >= 0.3 is 0 Å². The Morgan fingerprint density at radius 1 is 0.960 bits per heavy atom. The Morgan fingerprint density at radius 2 is 1.32 bits per heavy atom. The van der Waals surface area contributed by atoms with Gasteiger partial charge in [0, 0.05) is 18.3 Å². The van der Waals surface area contributed by atoms with Crippen LogP contribution in [0, 0.1) is 19.3 Å². The lowest BCUT2D eigenvalue weighted by atomic mass is 9.91. The van der Waals surface area contributed by atoms with E-state index in [2.05, 4.69) is 63.8 Å². The summed E-state index contributed by atoms with van der Waals surface area (Å²) in [5.74, 6) is 0. The van der Waals surface area contributed by atoms with Crippen LogP contribution in [0.25, 0.3) is 0 Å². The van der Waals surface area contributed by atoms with Crippen LogP contribution in [0.15, 0.2) is 4.99 Å². The van der Waals surface area contributed by atoms with E-state index in [4.69, 9.17) is 5.73 Å². The zero-order valence-electron chi connectivity index (χ0n) is 18.4. The van der Waals surface area contributed by atoms with Gasteiger partial charge in [-0.25, -0.2) is 4.68 Å². The lowest BCUT2D eigenvalue weighted by Crippen LogP contribution is -2.26. The Bertz CT molecular complexity index is 500. The van der Waals surface area contributed by atoms with E-state index < -0.39 is 0 Å². The third-order valence-corrected chi connectivity index (χ3v) is 3.18. The zero-order chi connectivity index (χ0) is 19.9. The predicted molar refractivity (Wildman–Crippen MR) is 114 cm³/mol. The molecule has 5 nitrogen and oxygen atoms in total. The minimum Gasteiger partial charge on any atom is -0.326 e. The molecule has 1 heterocycles. The number of rotatable bonds is 0. The number of aryl methyl sites for hydroxylation is 1. The maximum Gasteiger partial charge on any atom is 0.0825 e. The molecule has 150 valence electrons. The molecule has 2 N–H and O–H groups in total. The van der Waals surface area contributed by atoms with Gasteiger partial charge in [-0.1, -0.05) is 33.4 Å². The van der Waals surface area contributed by atoms with Crippen molar-refractivity contribution in [3.8, 4) is 0 Å². The van der Waals surface area contributed by atoms with Crippen molar-refractivity contribution in [3.05, 3.63) is 11.4 Å². The molecule has 1 rings (SSSR count). The number of nitrogens with zero attached hydrogens (tertiary/aromatic N) is 4. The number of nitrogens with two attached hydrogens (primary N) is 1. The Labute approximate surface area is 157 Å². The number of hydrogen-bond donors (Lipinski definition) is 1. The summed E-state index contributed by atoms with van der Waals surface area (Å²) in [5.41, 5.74) is 9.03. The van der Waals surface area contributed by atoms with Gasteiger partial charge in [-0.3, -0.25) is 4.99 Å². The summed E-state index contributed by atoms with van der Waals surface area (Å²) in [6.07, 6.45) is 0. The molecule has 0 radical (unpaired) electrons. The van der Waals surface area contributed by atoms with Crippen molar-refractivity contribution in [2.75, 3.05) is 7.05 Å². The van der Waals surface area contributed by atoms with Crippen molar-refractivity contribution in [1.82, 2.24) is 15.0 Å². The van der Waals surface area contributed by atoms with Crippen LogP contribution in [0.3, 0.4) is 0 Å². The smallest absolute Gasteiger partial charge is 0.0825 e. The second kappa shape index (κ2) is 10.7. The highest BCUT2D eigenvalue weighted by atomic mass is 15.5. The minimum absolute atomic E-state index is 0. The van der Waals surface area contributed by atoms with Gasteiger partial charge < -0.3 is 5.73 Å². The van der Waals surface area contributed by atoms with E-state index in [1.807, 2.05) is 46.3 Å². The highest BCUT2D eigenvalue weighted by Gasteiger charge is 2.17. The van der Waals surface area contributed by atoms with Gasteiger partial charge in [0.25, 0.3) is 0 Å². The summed E-state index contributed by atoms with van der Waals surface area (Å²) < 4.78 is 1.95. The molecule has 0 aliphatic heterocycles. The van der Waals surface area contributed by atoms with Gasteiger partial charge in [0.05, 0.1) is 16.9 Å². The maximum atomic E-state index is 5.35. The van der Waals surface area contributed by atoms with E-state index in [-0.39, 0.29) is 23.9 Å². The molecule has 0 bridgehead atoms. The normalized spacial score (nSPS) is 12.3. The number of hydrogen-bond acceptors (Lipinski definition) is 4. The topological polar surface area (TPSA) is 69.1 Å². The average Bonchev–Trinajstić information content (AvgIpc) is 2.66. The van der Waals surface area contributed by atoms with Crippen molar-refractivity contribution >= 4 is 5.71 Å². The molecule has 0 amide bonds. The lowest BCUT2D eigenvalue weighted by molar-refractivity contribution is 0.339. The molecule has 0 aliphatic rings. The predicted octanol–water partition coefficient (Wildman–Crippen LogP) is 5.15. The first-order valence-electron chi connectivity index (χ1n) is 8.53. The fourth-order valence-electron chi connectivity index (χ4n) is 1.38. The zero-order valence-corrected chi connectivity index (χ0v) is 18.4. The van der Waals surface area contributed by atoms with Gasteiger partial charge in [0.2, 0.25) is 0 Å². The van der Waals surface area contributed by atoms with E-state index >= 15 is 0 Å². The third-order valence-electron chi connectivity index (χ3n) is 3.18. The van der Waals surface area contributed by atoms with Crippen LogP contribution in [0.4, 0.5) is 0 Å². The first-order valence-corrected chi connectivity index (χ1v) is 8.53. The highest BCUT2D eigenvalue weighted by Crippen LogP contribution is 2.15. The molecule has 0 aliphatic carbocycles. The van der Waals surface area contributed by atoms with Gasteiger partial charge in [0.1, 0.15) is 0 Å². The summed E-state index contributed by atoms with van der Waals surface area (Å²) in [6, 6.07) is 0. The molecular formula is C20H45N5. The van der Waals surface area contributed by atoms with Crippen LogP contribution in [0.2, 0.25) is 0 Å². The molecule has 0 atom stereocenters. The maximum absolute atomic E-state index is 5.35. The molecule has 5 heteroatoms. The summed E-state index contributed by atoms with van der Waals surface area (Å²) >= 11 is 0. The standard InChI is InChI=1S/C8H15N3.C7H15N.C4H11N.CH4/c1-6-7(2)11(10-9-6)8(3,4)5;1-6(8-5)7(2,3)4;1-4(2,3)5;/h1-5H3;1-5H3;5H2,1-3H3;1H4. The van der Waals surface area contributed by atoms with Crippen molar-refractivity contribution in [2.45, 2.75) is 102 Å². The van der Waals surface area contributed by atoms with Crippen LogP contribution >= 0.6 is 0 Å². The third kappa shape index (κ3) is 14.8. The van der Waals surface area contributed by atoms with Gasteiger partial charge in [-0.2, -0.15) is 0 Å². The summed E-state index contributed by atoms with van der Waals surface area (Å²) in [5, 5.41) is 8.05. The first kappa shape index (κ1) is 28.6. The van der Waals surface area contributed by atoms with E-state index in [9.17, 15) is 0 Å². The Balaban J connectivity index is -0.000000307. The summed E-state index contributed by atoms with van der Waals surface area (Å²) in [6.45, 7) is 24.8. The van der Waals surface area contributed by atoms with Crippen LogP contribution in [0.1, 0.15) is 88.1 Å². The summed E-state index contributed by atoms with van der Waals surface area (Å²) in [4.78, 5) is 4.08. The molecule has 0 fully saturated rings. The van der Waals surface area contributed by atoms with Crippen molar-refractivity contribution in [1.29, 1.82) is 0 Å². The van der Waals surface area contributed by atoms with Gasteiger partial charge in [-0.05, 0) is 67.7 Å². The molecular weight excluding hydrogens is 310 g/mol. The number of aliphatic imine (C=N–C) groups is 1. The largest absolute Gasteiger partial charge is 0.326 e. The number of aromatic nitrogens is 3. The molecule has 0 aromatic carbocycles. The van der Waals surface area contributed by atoms with E-state index in [1.165, 1.54) is 5.71 Å². The Morgan fingerprint density at radius 3 is 1.40 bits per heavy atom. The molecule has 0 saturated carbocycles. The molecule has 1 aromatic heterocycles. The molecule has 0 unspecified atom stereocenters. The van der Waals surface area contributed by atoms with Crippen molar-refractivity contribution in [2.24, 2.45) is 16.1 Å². The van der Waals surface area contributed by atoms with Gasteiger partial charge in [-0.15, -0.1) is 5.10 Å². The molecule has 0 spiro atoms. The first-order chi connectivity index (χ1) is 10.4. The monoisotopic (exact) mass is 355 g/mol. The Hall–Kier alpha value is -1.23. The second-order valence-corrected chi connectivity index (χ2v) is 9.27. The fraction of sp³-hybridized carbons (Fsp3) is 0.850. The molecule has 25 heavy (non-hydrogen) atoms. The SMILES string of the molecule is C.CC(C)(C)N.CN=C(C)C(C)(C)C.Cc1nnn(C(C)(C)C)c1C. The highest BCUT2D eigenvalue weighted by molar-refractivity contribution is 5.86. The van der Waals surface area contributed by atoms with Crippen LogP contribution in [-0.2, 0) is 5.54 Å². The minimum atomic E-state index is 0. The Kier molecular flexibility index (Phi) is 12.2. The van der Waals surface area contributed by atoms with E-state index in [1.54, 1.807) is 0 Å². The van der Waals surface area contributed by atoms with E-state index in [0.29, 0.717) is 0 Å². The fourth-order valence-corrected chi connectivity index (χ4v) is 1.38. The van der Waals surface area contributed by atoms with Crippen molar-refractivity contribution in [3.63, 3.8) is 0 Å².